The topological polar surface area (TPSA) is 78.8 Å². The first-order valence-corrected chi connectivity index (χ1v) is 12.2. The molecule has 0 spiro atoms. The first-order chi connectivity index (χ1) is 16.1. The van der Waals surface area contributed by atoms with E-state index in [9.17, 15) is 8.42 Å². The minimum Gasteiger partial charge on any atom is -0.492 e. The highest BCUT2D eigenvalue weighted by Gasteiger charge is 2.19. The molecule has 7 nitrogen and oxygen atoms in total. The van der Waals surface area contributed by atoms with E-state index in [0.717, 1.165) is 22.4 Å². The Hall–Kier alpha value is -3.49. The van der Waals surface area contributed by atoms with Gasteiger partial charge in [0.1, 0.15) is 25.6 Å². The molecule has 1 aromatic heterocycles. The molecule has 0 bridgehead atoms. The van der Waals surface area contributed by atoms with E-state index >= 15 is 0 Å². The number of nitrogens with one attached hydrogen (secondary N) is 1. The zero-order chi connectivity index (χ0) is 22.7. The van der Waals surface area contributed by atoms with Crippen molar-refractivity contribution >= 4 is 20.9 Å². The van der Waals surface area contributed by atoms with Crippen LogP contribution in [-0.4, -0.2) is 38.8 Å². The summed E-state index contributed by atoms with van der Waals surface area (Å²) in [6.07, 6.45) is 1.57. The third kappa shape index (κ3) is 4.40. The Labute approximate surface area is 192 Å². The van der Waals surface area contributed by atoms with Crippen molar-refractivity contribution in [3.63, 3.8) is 0 Å². The Morgan fingerprint density at radius 1 is 0.909 bits per heavy atom. The molecule has 0 amide bonds. The molecule has 4 aromatic rings. The molecule has 0 aliphatic carbocycles. The van der Waals surface area contributed by atoms with Crippen molar-refractivity contribution in [1.29, 1.82) is 0 Å². The van der Waals surface area contributed by atoms with Crippen LogP contribution in [0, 0.1) is 0 Å². The normalized spacial score (nSPS) is 13.2. The maximum atomic E-state index is 13.0. The van der Waals surface area contributed by atoms with Crippen molar-refractivity contribution in [1.82, 2.24) is 9.29 Å². The largest absolute Gasteiger partial charge is 0.492 e. The van der Waals surface area contributed by atoms with Crippen LogP contribution in [0.4, 0.5) is 0 Å². The summed E-state index contributed by atoms with van der Waals surface area (Å²) < 4.78 is 44.5. The predicted octanol–water partition coefficient (Wildman–Crippen LogP) is 3.82. The summed E-state index contributed by atoms with van der Waals surface area (Å²) in [5.74, 6) is 2.21. The van der Waals surface area contributed by atoms with Gasteiger partial charge in [-0.1, -0.05) is 30.3 Å². The lowest BCUT2D eigenvalue weighted by Crippen LogP contribution is -2.21. The molecular weight excluding hydrogens is 440 g/mol. The van der Waals surface area contributed by atoms with E-state index in [2.05, 4.69) is 5.32 Å². The first kappa shape index (κ1) is 21.4. The summed E-state index contributed by atoms with van der Waals surface area (Å²) in [7, 11) is -3.68. The Kier molecular flexibility index (Phi) is 5.93. The van der Waals surface area contributed by atoms with E-state index in [1.807, 2.05) is 24.3 Å². The second-order valence-electron chi connectivity index (χ2n) is 7.62. The molecule has 5 rings (SSSR count). The third-order valence-corrected chi connectivity index (χ3v) is 7.13. The minimum atomic E-state index is -3.68. The Balaban J connectivity index is 1.22. The fourth-order valence-electron chi connectivity index (χ4n) is 3.82. The van der Waals surface area contributed by atoms with Gasteiger partial charge in [0.25, 0.3) is 10.0 Å². The van der Waals surface area contributed by atoms with Gasteiger partial charge in [0.15, 0.2) is 11.5 Å². The summed E-state index contributed by atoms with van der Waals surface area (Å²) >= 11 is 0. The van der Waals surface area contributed by atoms with Gasteiger partial charge < -0.3 is 19.5 Å². The molecule has 8 heteroatoms. The van der Waals surface area contributed by atoms with Crippen molar-refractivity contribution in [2.45, 2.75) is 11.4 Å². The average molecular weight is 465 g/mol. The van der Waals surface area contributed by atoms with Gasteiger partial charge in [-0.2, -0.15) is 0 Å². The number of hydrogen-bond acceptors (Lipinski definition) is 6. The molecule has 33 heavy (non-hydrogen) atoms. The summed E-state index contributed by atoms with van der Waals surface area (Å²) in [5.41, 5.74) is 1.69. The number of fused-ring (bicyclic) bond motifs is 2. The van der Waals surface area contributed by atoms with E-state index in [4.69, 9.17) is 14.2 Å². The molecule has 0 fully saturated rings. The maximum absolute atomic E-state index is 13.0. The third-order valence-electron chi connectivity index (χ3n) is 5.43. The lowest BCUT2D eigenvalue weighted by Gasteiger charge is -2.19. The zero-order valence-corrected chi connectivity index (χ0v) is 18.8. The number of hydrogen-bond donors (Lipinski definition) is 1. The number of nitrogens with zero attached hydrogens (tertiary/aromatic N) is 1. The average Bonchev–Trinajstić information content (AvgIpc) is 3.30. The highest BCUT2D eigenvalue weighted by molar-refractivity contribution is 7.90. The van der Waals surface area contributed by atoms with Crippen LogP contribution >= 0.6 is 0 Å². The molecule has 170 valence electrons. The SMILES string of the molecule is O=S(=O)(c1ccccc1)n1ccc2c(OCCNCc3ccc4c(c3)OCCO4)cccc21. The van der Waals surface area contributed by atoms with Gasteiger partial charge in [0.2, 0.25) is 0 Å². The van der Waals surface area contributed by atoms with Gasteiger partial charge >= 0.3 is 0 Å². The molecule has 1 aliphatic rings. The number of rotatable bonds is 8. The summed E-state index contributed by atoms with van der Waals surface area (Å²) in [6, 6.07) is 21.5. The van der Waals surface area contributed by atoms with E-state index in [0.29, 0.717) is 44.2 Å². The summed E-state index contributed by atoms with van der Waals surface area (Å²) in [4.78, 5) is 0.247. The van der Waals surface area contributed by atoms with Crippen LogP contribution in [0.25, 0.3) is 10.9 Å². The van der Waals surface area contributed by atoms with Crippen molar-refractivity contribution in [2.24, 2.45) is 0 Å². The van der Waals surface area contributed by atoms with Gasteiger partial charge in [-0.3, -0.25) is 0 Å². The second-order valence-corrected chi connectivity index (χ2v) is 9.44. The van der Waals surface area contributed by atoms with Crippen LogP contribution < -0.4 is 19.5 Å². The maximum Gasteiger partial charge on any atom is 0.268 e. The van der Waals surface area contributed by atoms with E-state index in [1.165, 1.54) is 3.97 Å². The first-order valence-electron chi connectivity index (χ1n) is 10.8. The van der Waals surface area contributed by atoms with Gasteiger partial charge in [-0.15, -0.1) is 0 Å². The van der Waals surface area contributed by atoms with Gasteiger partial charge in [-0.05, 0) is 48.0 Å². The molecule has 0 saturated heterocycles. The highest BCUT2D eigenvalue weighted by atomic mass is 32.2. The van der Waals surface area contributed by atoms with Gasteiger partial charge in [0.05, 0.1) is 10.4 Å². The fourth-order valence-corrected chi connectivity index (χ4v) is 5.19. The number of benzene rings is 3. The van der Waals surface area contributed by atoms with Crippen LogP contribution in [0.2, 0.25) is 0 Å². The zero-order valence-electron chi connectivity index (χ0n) is 17.9. The van der Waals surface area contributed by atoms with Crippen LogP contribution in [0.5, 0.6) is 17.2 Å². The monoisotopic (exact) mass is 464 g/mol. The molecule has 0 atom stereocenters. The lowest BCUT2D eigenvalue weighted by atomic mass is 10.2. The molecule has 1 N–H and O–H groups in total. The second kappa shape index (κ2) is 9.17. The van der Waals surface area contributed by atoms with Gasteiger partial charge in [-0.25, -0.2) is 12.4 Å². The van der Waals surface area contributed by atoms with Crippen LogP contribution in [0.1, 0.15) is 5.56 Å². The highest BCUT2D eigenvalue weighted by Crippen LogP contribution is 2.31. The Bertz CT molecular complexity index is 1370. The minimum absolute atomic E-state index is 0.247. The Morgan fingerprint density at radius 3 is 2.58 bits per heavy atom. The lowest BCUT2D eigenvalue weighted by molar-refractivity contribution is 0.171. The molecule has 0 unspecified atom stereocenters. The smallest absolute Gasteiger partial charge is 0.268 e. The van der Waals surface area contributed by atoms with Crippen LogP contribution in [0.15, 0.2) is 83.9 Å². The molecular formula is C25H24N2O5S. The van der Waals surface area contributed by atoms with Crippen molar-refractivity contribution < 1.29 is 22.6 Å². The summed E-state index contributed by atoms with van der Waals surface area (Å²) in [6.45, 7) is 2.90. The number of aromatic nitrogens is 1. The quantitative estimate of drug-likeness (QED) is 0.400. The molecule has 0 saturated carbocycles. The molecule has 0 radical (unpaired) electrons. The standard InChI is InChI=1S/C25H24N2O5S/c28-33(29,20-5-2-1-3-6-20)27-13-11-21-22(27)7-4-8-23(21)30-14-12-26-18-19-9-10-24-25(17-19)32-16-15-31-24/h1-11,13,17,26H,12,14-16,18H2. The van der Waals surface area contributed by atoms with Crippen molar-refractivity contribution in [3.05, 3.63) is 84.6 Å². The molecule has 1 aliphatic heterocycles. The van der Waals surface area contributed by atoms with Crippen LogP contribution in [0.3, 0.4) is 0 Å². The van der Waals surface area contributed by atoms with Crippen molar-refractivity contribution in [2.75, 3.05) is 26.4 Å². The molecule has 2 heterocycles. The van der Waals surface area contributed by atoms with E-state index in [-0.39, 0.29) is 4.90 Å². The predicted molar refractivity (Wildman–Crippen MR) is 126 cm³/mol. The fraction of sp³-hybridized carbons (Fsp3) is 0.200. The van der Waals surface area contributed by atoms with E-state index < -0.39 is 10.0 Å². The van der Waals surface area contributed by atoms with E-state index in [1.54, 1.807) is 54.7 Å². The molecule has 3 aromatic carbocycles. The number of ether oxygens (including phenoxy) is 3. The van der Waals surface area contributed by atoms with Crippen LogP contribution in [-0.2, 0) is 16.6 Å². The Morgan fingerprint density at radius 2 is 1.73 bits per heavy atom. The summed E-state index contributed by atoms with van der Waals surface area (Å²) in [5, 5.41) is 4.11. The van der Waals surface area contributed by atoms with Crippen molar-refractivity contribution in [3.8, 4) is 17.2 Å². The van der Waals surface area contributed by atoms with Gasteiger partial charge in [0, 0.05) is 24.7 Å².